The molecule has 0 saturated heterocycles. The first-order valence-electron chi connectivity index (χ1n) is 5.15. The lowest BCUT2D eigenvalue weighted by molar-refractivity contribution is 0.180. The summed E-state index contributed by atoms with van der Waals surface area (Å²) < 4.78 is 36.2. The lowest BCUT2D eigenvalue weighted by Crippen LogP contribution is -2.35. The molecule has 5 nitrogen and oxygen atoms in total. The second-order valence-electron chi connectivity index (χ2n) is 3.65. The lowest BCUT2D eigenvalue weighted by Gasteiger charge is -2.13. The Morgan fingerprint density at radius 1 is 1.24 bits per heavy atom. The largest absolute Gasteiger partial charge is 0.497 e. The molecule has 1 aromatic rings. The van der Waals surface area contributed by atoms with E-state index in [4.69, 9.17) is 9.47 Å². The molecule has 0 heterocycles. The molecule has 17 heavy (non-hydrogen) atoms. The second kappa shape index (κ2) is 6.00. The second-order valence-corrected chi connectivity index (χ2v) is 5.37. The molecule has 1 aromatic carbocycles. The van der Waals surface area contributed by atoms with E-state index in [1.807, 2.05) is 0 Å². The Bertz CT molecular complexity index is 441. The summed E-state index contributed by atoms with van der Waals surface area (Å²) in [7, 11) is -0.436. The molecule has 0 bridgehead atoms. The number of hydrogen-bond acceptors (Lipinski definition) is 4. The fourth-order valence-corrected chi connectivity index (χ4v) is 2.60. The number of sulfonamides is 1. The minimum atomic E-state index is -3.49. The van der Waals surface area contributed by atoms with Crippen LogP contribution in [0.5, 0.6) is 5.75 Å². The van der Waals surface area contributed by atoms with E-state index in [0.29, 0.717) is 12.4 Å². The third kappa shape index (κ3) is 3.99. The van der Waals surface area contributed by atoms with Gasteiger partial charge in [0.05, 0.1) is 18.6 Å². The fourth-order valence-electron chi connectivity index (χ4n) is 1.37. The first kappa shape index (κ1) is 14.0. The van der Waals surface area contributed by atoms with Crippen LogP contribution >= 0.6 is 0 Å². The van der Waals surface area contributed by atoms with E-state index in [2.05, 4.69) is 4.72 Å². The van der Waals surface area contributed by atoms with E-state index in [-0.39, 0.29) is 10.9 Å². The van der Waals surface area contributed by atoms with E-state index in [0.717, 1.165) is 0 Å². The van der Waals surface area contributed by atoms with Gasteiger partial charge in [-0.25, -0.2) is 13.1 Å². The summed E-state index contributed by atoms with van der Waals surface area (Å²) in [5, 5.41) is 0. The predicted molar refractivity (Wildman–Crippen MR) is 64.7 cm³/mol. The van der Waals surface area contributed by atoms with Gasteiger partial charge in [-0.05, 0) is 31.2 Å². The van der Waals surface area contributed by atoms with Crippen LogP contribution in [0.2, 0.25) is 0 Å². The van der Waals surface area contributed by atoms with Crippen LogP contribution in [0.25, 0.3) is 0 Å². The van der Waals surface area contributed by atoms with Gasteiger partial charge >= 0.3 is 0 Å². The maximum absolute atomic E-state index is 11.9. The van der Waals surface area contributed by atoms with Gasteiger partial charge in [0.25, 0.3) is 0 Å². The Hall–Kier alpha value is -1.11. The van der Waals surface area contributed by atoms with Crippen molar-refractivity contribution in [1.82, 2.24) is 4.72 Å². The molecule has 0 spiro atoms. The highest BCUT2D eigenvalue weighted by molar-refractivity contribution is 7.89. The van der Waals surface area contributed by atoms with Gasteiger partial charge in [0.15, 0.2) is 0 Å². The smallest absolute Gasteiger partial charge is 0.240 e. The van der Waals surface area contributed by atoms with Crippen LogP contribution in [0.1, 0.15) is 6.92 Å². The summed E-state index contributed by atoms with van der Waals surface area (Å²) in [6.45, 7) is 2.07. The van der Waals surface area contributed by atoms with Crippen molar-refractivity contribution in [3.63, 3.8) is 0 Å². The summed E-state index contributed by atoms with van der Waals surface area (Å²) in [5.74, 6) is 0.619. The highest BCUT2D eigenvalue weighted by atomic mass is 32.2. The Kier molecular flexibility index (Phi) is 4.92. The fraction of sp³-hybridized carbons (Fsp3) is 0.455. The number of nitrogens with one attached hydrogen (secondary N) is 1. The first-order chi connectivity index (χ1) is 7.99. The van der Waals surface area contributed by atoms with Crippen LogP contribution < -0.4 is 9.46 Å². The summed E-state index contributed by atoms with van der Waals surface area (Å²) >= 11 is 0. The van der Waals surface area contributed by atoms with Crippen molar-refractivity contribution in [2.24, 2.45) is 0 Å². The predicted octanol–water partition coefficient (Wildman–Crippen LogP) is 1.01. The summed E-state index contributed by atoms with van der Waals surface area (Å²) in [6.07, 6.45) is 0. The van der Waals surface area contributed by atoms with Crippen molar-refractivity contribution < 1.29 is 17.9 Å². The highest BCUT2D eigenvalue weighted by Gasteiger charge is 2.16. The van der Waals surface area contributed by atoms with E-state index in [1.54, 1.807) is 19.1 Å². The molecule has 1 rings (SSSR count). The zero-order valence-corrected chi connectivity index (χ0v) is 11.0. The monoisotopic (exact) mass is 259 g/mol. The molecule has 0 aliphatic carbocycles. The van der Waals surface area contributed by atoms with Gasteiger partial charge in [-0.3, -0.25) is 0 Å². The molecule has 0 fully saturated rings. The third-order valence-corrected chi connectivity index (χ3v) is 3.75. The van der Waals surface area contributed by atoms with E-state index >= 15 is 0 Å². The van der Waals surface area contributed by atoms with Gasteiger partial charge in [-0.2, -0.15) is 0 Å². The Morgan fingerprint density at radius 2 is 1.82 bits per heavy atom. The van der Waals surface area contributed by atoms with Gasteiger partial charge in [0.2, 0.25) is 10.0 Å². The average molecular weight is 259 g/mol. The van der Waals surface area contributed by atoms with Gasteiger partial charge in [0, 0.05) is 13.2 Å². The van der Waals surface area contributed by atoms with Gasteiger partial charge in [-0.15, -0.1) is 0 Å². The molecule has 0 radical (unpaired) electrons. The molecule has 1 N–H and O–H groups in total. The van der Waals surface area contributed by atoms with Gasteiger partial charge in [0.1, 0.15) is 5.75 Å². The molecule has 0 unspecified atom stereocenters. The zero-order chi connectivity index (χ0) is 12.9. The molecule has 0 amide bonds. The number of ether oxygens (including phenoxy) is 2. The SMILES string of the molecule is COC[C@H](C)NS(=O)(=O)c1ccc(OC)cc1. The average Bonchev–Trinajstić information content (AvgIpc) is 2.28. The maximum atomic E-state index is 11.9. The summed E-state index contributed by atoms with van der Waals surface area (Å²) in [6, 6.07) is 5.94. The quantitative estimate of drug-likeness (QED) is 0.828. The van der Waals surface area contributed by atoms with Crippen molar-refractivity contribution in [2.75, 3.05) is 20.8 Å². The Morgan fingerprint density at radius 3 is 2.29 bits per heavy atom. The van der Waals surface area contributed by atoms with Crippen LogP contribution in [0.4, 0.5) is 0 Å². The molecule has 0 aliphatic rings. The van der Waals surface area contributed by atoms with E-state index < -0.39 is 10.0 Å². The summed E-state index contributed by atoms with van der Waals surface area (Å²) in [4.78, 5) is 0.209. The molecule has 0 aromatic heterocycles. The maximum Gasteiger partial charge on any atom is 0.240 e. The molecule has 0 aliphatic heterocycles. The Balaban J connectivity index is 2.82. The van der Waals surface area contributed by atoms with Crippen LogP contribution in [0.3, 0.4) is 0 Å². The van der Waals surface area contributed by atoms with Crippen LogP contribution in [0.15, 0.2) is 29.2 Å². The van der Waals surface area contributed by atoms with Crippen molar-refractivity contribution >= 4 is 10.0 Å². The number of hydrogen-bond donors (Lipinski definition) is 1. The standard InChI is InChI=1S/C11H17NO4S/c1-9(8-15-2)12-17(13,14)11-6-4-10(16-3)5-7-11/h4-7,9,12H,8H2,1-3H3/t9-/m0/s1. The molecule has 1 atom stereocenters. The van der Waals surface area contributed by atoms with Crippen molar-refractivity contribution in [3.8, 4) is 5.75 Å². The normalized spacial score (nSPS) is 13.4. The number of methoxy groups -OCH3 is 2. The summed E-state index contributed by atoms with van der Waals surface area (Å²) in [5.41, 5.74) is 0. The third-order valence-electron chi connectivity index (χ3n) is 2.14. The highest BCUT2D eigenvalue weighted by Crippen LogP contribution is 2.15. The number of benzene rings is 1. The van der Waals surface area contributed by atoms with Gasteiger partial charge < -0.3 is 9.47 Å². The van der Waals surface area contributed by atoms with Crippen molar-refractivity contribution in [3.05, 3.63) is 24.3 Å². The van der Waals surface area contributed by atoms with E-state index in [9.17, 15) is 8.42 Å². The topological polar surface area (TPSA) is 64.6 Å². The van der Waals surface area contributed by atoms with Crippen LogP contribution in [-0.2, 0) is 14.8 Å². The zero-order valence-electron chi connectivity index (χ0n) is 10.1. The first-order valence-corrected chi connectivity index (χ1v) is 6.63. The Labute approximate surface area is 102 Å². The molecule has 96 valence electrons. The van der Waals surface area contributed by atoms with Gasteiger partial charge in [-0.1, -0.05) is 0 Å². The molecule has 6 heteroatoms. The minimum absolute atomic E-state index is 0.209. The molecule has 0 saturated carbocycles. The molecular formula is C11H17NO4S. The van der Waals surface area contributed by atoms with Crippen molar-refractivity contribution in [2.45, 2.75) is 17.9 Å². The minimum Gasteiger partial charge on any atom is -0.497 e. The van der Waals surface area contributed by atoms with Crippen LogP contribution in [-0.4, -0.2) is 35.3 Å². The lowest BCUT2D eigenvalue weighted by atomic mass is 10.3. The number of rotatable bonds is 6. The molecular weight excluding hydrogens is 242 g/mol. The van der Waals surface area contributed by atoms with E-state index in [1.165, 1.54) is 26.4 Å². The van der Waals surface area contributed by atoms with Crippen LogP contribution in [0, 0.1) is 0 Å². The van der Waals surface area contributed by atoms with Crippen molar-refractivity contribution in [1.29, 1.82) is 0 Å².